The molecule has 336 valence electrons. The van der Waals surface area contributed by atoms with Gasteiger partial charge in [0.25, 0.3) is 7.82 Å². The van der Waals surface area contributed by atoms with E-state index in [0.717, 1.165) is 51.4 Å². The van der Waals surface area contributed by atoms with Crippen LogP contribution in [0.25, 0.3) is 0 Å². The van der Waals surface area contributed by atoms with Crippen LogP contribution < -0.4 is 4.89 Å². The summed E-state index contributed by atoms with van der Waals surface area (Å²) >= 11 is 0. The van der Waals surface area contributed by atoms with Gasteiger partial charge in [-0.1, -0.05) is 177 Å². The Labute approximate surface area is 356 Å². The second kappa shape index (κ2) is 40.1. The molecule has 10 heteroatoms. The molecule has 0 aliphatic carbocycles. The van der Waals surface area contributed by atoms with Crippen LogP contribution in [0.1, 0.15) is 181 Å². The molecular weight excluding hydrogens is 750 g/mol. The molecule has 0 aromatic carbocycles. The summed E-state index contributed by atoms with van der Waals surface area (Å²) in [6, 6.07) is 0. The van der Waals surface area contributed by atoms with E-state index < -0.39 is 32.5 Å². The summed E-state index contributed by atoms with van der Waals surface area (Å²) in [5, 5.41) is 0. The highest BCUT2D eigenvalue weighted by atomic mass is 31.2. The number of unbranched alkanes of at least 4 members (excludes halogenated alkanes) is 17. The van der Waals surface area contributed by atoms with E-state index in [4.69, 9.17) is 18.5 Å². The first-order chi connectivity index (χ1) is 28.0. The first-order valence-corrected chi connectivity index (χ1v) is 24.5. The number of nitrogens with zero attached hydrogens (tertiary/aromatic N) is 1. The number of esters is 2. The van der Waals surface area contributed by atoms with E-state index in [-0.39, 0.29) is 26.1 Å². The number of carbonyl (C=O) groups excluding carboxylic acids is 2. The van der Waals surface area contributed by atoms with E-state index in [1.807, 2.05) is 27.2 Å². The van der Waals surface area contributed by atoms with Gasteiger partial charge < -0.3 is 27.9 Å². The normalized spacial score (nSPS) is 14.1. The van der Waals surface area contributed by atoms with Crippen molar-refractivity contribution in [3.63, 3.8) is 0 Å². The van der Waals surface area contributed by atoms with Gasteiger partial charge in [0.1, 0.15) is 19.8 Å². The topological polar surface area (TPSA) is 111 Å². The summed E-state index contributed by atoms with van der Waals surface area (Å²) in [6.45, 7) is 4.05. The molecule has 0 aromatic rings. The number of hydrogen-bond donors (Lipinski definition) is 0. The zero-order valence-electron chi connectivity index (χ0n) is 37.7. The number of phosphoric acid groups is 1. The summed E-state index contributed by atoms with van der Waals surface area (Å²) in [4.78, 5) is 37.6. The maximum atomic E-state index is 12.7. The molecule has 0 spiro atoms. The van der Waals surface area contributed by atoms with Crippen molar-refractivity contribution in [3.8, 4) is 0 Å². The number of rotatable bonds is 41. The lowest BCUT2D eigenvalue weighted by Crippen LogP contribution is -2.37. The van der Waals surface area contributed by atoms with Crippen LogP contribution in [0.5, 0.6) is 0 Å². The van der Waals surface area contributed by atoms with E-state index in [1.165, 1.54) is 89.9 Å². The van der Waals surface area contributed by atoms with E-state index in [2.05, 4.69) is 68.5 Å². The van der Waals surface area contributed by atoms with Gasteiger partial charge in [0.2, 0.25) is 0 Å². The summed E-state index contributed by atoms with van der Waals surface area (Å²) < 4.78 is 33.9. The first-order valence-electron chi connectivity index (χ1n) is 23.0. The maximum absolute atomic E-state index is 12.7. The maximum Gasteiger partial charge on any atom is 0.306 e. The molecule has 0 amide bonds. The van der Waals surface area contributed by atoms with Gasteiger partial charge in [0, 0.05) is 12.8 Å². The summed E-state index contributed by atoms with van der Waals surface area (Å²) in [5.74, 6) is -0.901. The van der Waals surface area contributed by atoms with Gasteiger partial charge >= 0.3 is 11.9 Å². The Morgan fingerprint density at radius 3 is 1.45 bits per heavy atom. The van der Waals surface area contributed by atoms with Crippen molar-refractivity contribution < 1.29 is 42.1 Å². The molecule has 0 aliphatic heterocycles. The minimum Gasteiger partial charge on any atom is -0.756 e. The van der Waals surface area contributed by atoms with Crippen molar-refractivity contribution in [2.45, 2.75) is 187 Å². The van der Waals surface area contributed by atoms with Gasteiger partial charge in [-0.15, -0.1) is 0 Å². The number of carbonyl (C=O) groups is 2. The molecule has 0 heterocycles. The molecule has 0 bridgehead atoms. The van der Waals surface area contributed by atoms with Gasteiger partial charge in [-0.2, -0.15) is 0 Å². The third-order valence-corrected chi connectivity index (χ3v) is 10.5. The van der Waals surface area contributed by atoms with E-state index in [9.17, 15) is 19.0 Å². The van der Waals surface area contributed by atoms with Crippen LogP contribution >= 0.6 is 7.82 Å². The highest BCUT2D eigenvalue weighted by Gasteiger charge is 2.21. The van der Waals surface area contributed by atoms with Crippen molar-refractivity contribution in [1.29, 1.82) is 0 Å². The molecule has 0 saturated carbocycles. The standard InChI is InChI=1S/C48H86NO8P/c1-6-8-10-12-14-16-18-20-22-24-26-28-30-32-34-36-38-40-47(50)54-44-46(45-56-58(52,53)55-43-42-49(3,4)5)57-48(51)41-39-37-35-33-31-29-27-25-23-21-19-17-15-13-11-9-7-2/h9,11,15,17,21,23,27,29,33,35,46H,6-8,10,12-14,16,18-20,22,24-26,28,30-32,34,36-45H2,1-5H3/b11-9-,17-15-,23-21-,29-27-,35-33-/t46-/m1/s1. The molecule has 0 aliphatic rings. The fourth-order valence-electron chi connectivity index (χ4n) is 5.98. The fraction of sp³-hybridized carbons (Fsp3) is 0.750. The summed E-state index contributed by atoms with van der Waals surface area (Å²) in [7, 11) is 1.13. The van der Waals surface area contributed by atoms with Gasteiger partial charge in [-0.3, -0.25) is 14.2 Å². The lowest BCUT2D eigenvalue weighted by Gasteiger charge is -2.28. The van der Waals surface area contributed by atoms with Crippen molar-refractivity contribution in [3.05, 3.63) is 60.8 Å². The summed E-state index contributed by atoms with van der Waals surface area (Å²) in [6.07, 6.45) is 48.3. The third kappa shape index (κ3) is 43.3. The highest BCUT2D eigenvalue weighted by Crippen LogP contribution is 2.38. The van der Waals surface area contributed by atoms with E-state index >= 15 is 0 Å². The number of hydrogen-bond acceptors (Lipinski definition) is 8. The Hall–Kier alpha value is -2.29. The zero-order valence-corrected chi connectivity index (χ0v) is 38.6. The van der Waals surface area contributed by atoms with E-state index in [1.54, 1.807) is 0 Å². The van der Waals surface area contributed by atoms with Crippen LogP contribution in [-0.2, 0) is 32.7 Å². The van der Waals surface area contributed by atoms with Crippen molar-refractivity contribution >= 4 is 19.8 Å². The average molecular weight is 836 g/mol. The average Bonchev–Trinajstić information content (AvgIpc) is 3.17. The molecule has 0 fully saturated rings. The van der Waals surface area contributed by atoms with Crippen LogP contribution in [0.3, 0.4) is 0 Å². The minimum absolute atomic E-state index is 0.0428. The Morgan fingerprint density at radius 2 is 0.983 bits per heavy atom. The molecular formula is C48H86NO8P. The molecule has 0 rings (SSSR count). The molecule has 58 heavy (non-hydrogen) atoms. The second-order valence-corrected chi connectivity index (χ2v) is 17.8. The number of allylic oxidation sites excluding steroid dienone is 10. The molecule has 9 nitrogen and oxygen atoms in total. The zero-order chi connectivity index (χ0) is 42.8. The third-order valence-electron chi connectivity index (χ3n) is 9.55. The van der Waals surface area contributed by atoms with Crippen LogP contribution in [0.15, 0.2) is 60.8 Å². The SMILES string of the molecule is CC/C=C\C/C=C\C/C=C\C/C=C\C/C=C\CCCC(=O)O[C@H](COC(=O)CCCCCCCCCCCCCCCCCCC)COP(=O)([O-])OCC[N+](C)(C)C. The Balaban J connectivity index is 4.41. The molecule has 0 saturated heterocycles. The molecule has 1 unspecified atom stereocenters. The number of ether oxygens (including phenoxy) is 2. The van der Waals surface area contributed by atoms with Gasteiger partial charge in [0.05, 0.1) is 27.7 Å². The van der Waals surface area contributed by atoms with Gasteiger partial charge in [-0.05, 0) is 51.4 Å². The van der Waals surface area contributed by atoms with Crippen LogP contribution in [0, 0.1) is 0 Å². The van der Waals surface area contributed by atoms with Gasteiger partial charge in [-0.25, -0.2) is 0 Å². The van der Waals surface area contributed by atoms with Crippen molar-refractivity contribution in [2.75, 3.05) is 47.5 Å². The molecule has 0 radical (unpaired) electrons. The van der Waals surface area contributed by atoms with Crippen molar-refractivity contribution in [2.24, 2.45) is 0 Å². The van der Waals surface area contributed by atoms with Crippen LogP contribution in [-0.4, -0.2) is 70.0 Å². The number of quaternary nitrogens is 1. The smallest absolute Gasteiger partial charge is 0.306 e. The monoisotopic (exact) mass is 836 g/mol. The minimum atomic E-state index is -4.64. The van der Waals surface area contributed by atoms with Crippen LogP contribution in [0.4, 0.5) is 0 Å². The van der Waals surface area contributed by atoms with E-state index in [0.29, 0.717) is 23.9 Å². The lowest BCUT2D eigenvalue weighted by molar-refractivity contribution is -0.870. The fourth-order valence-corrected chi connectivity index (χ4v) is 6.71. The lowest BCUT2D eigenvalue weighted by atomic mass is 10.0. The number of likely N-dealkylation sites (N-methyl/N-ethyl adjacent to an activating group) is 1. The quantitative estimate of drug-likeness (QED) is 0.0197. The predicted molar refractivity (Wildman–Crippen MR) is 240 cm³/mol. The molecule has 2 atom stereocenters. The second-order valence-electron chi connectivity index (χ2n) is 16.4. The molecule has 0 N–H and O–H groups in total. The largest absolute Gasteiger partial charge is 0.756 e. The number of phosphoric ester groups is 1. The van der Waals surface area contributed by atoms with Crippen LogP contribution in [0.2, 0.25) is 0 Å². The Bertz CT molecular complexity index is 1170. The Kier molecular flexibility index (Phi) is 38.5. The van der Waals surface area contributed by atoms with Crippen molar-refractivity contribution in [1.82, 2.24) is 0 Å². The first kappa shape index (κ1) is 55.7. The van der Waals surface area contributed by atoms with Gasteiger partial charge in [0.15, 0.2) is 6.10 Å². The highest BCUT2D eigenvalue weighted by molar-refractivity contribution is 7.45. The summed E-state index contributed by atoms with van der Waals surface area (Å²) in [5.41, 5.74) is 0. The predicted octanol–water partition coefficient (Wildman–Crippen LogP) is 12.6. The molecule has 0 aromatic heterocycles. The Morgan fingerprint density at radius 1 is 0.552 bits per heavy atom.